The number of nitrogens with zero attached hydrogens (tertiary/aromatic N) is 3. The van der Waals surface area contributed by atoms with E-state index in [4.69, 9.17) is 0 Å². The van der Waals surface area contributed by atoms with Gasteiger partial charge < -0.3 is 10.6 Å². The van der Waals surface area contributed by atoms with Gasteiger partial charge in [-0.1, -0.05) is 13.3 Å². The van der Waals surface area contributed by atoms with Gasteiger partial charge >= 0.3 is 0 Å². The van der Waals surface area contributed by atoms with Crippen LogP contribution in [0.2, 0.25) is 0 Å². The average Bonchev–Trinajstić information content (AvgIpc) is 2.97. The van der Waals surface area contributed by atoms with Gasteiger partial charge in [0.1, 0.15) is 0 Å². The van der Waals surface area contributed by atoms with E-state index in [0.29, 0.717) is 12.6 Å². The maximum absolute atomic E-state index is 4.63. The predicted octanol–water partition coefficient (Wildman–Crippen LogP) is 1.66. The number of hydrogen-bond donors (Lipinski definition) is 2. The topological polar surface area (TPSA) is 54.2 Å². The highest BCUT2D eigenvalue weighted by molar-refractivity contribution is 5.80. The Morgan fingerprint density at radius 3 is 3.00 bits per heavy atom. The minimum absolute atomic E-state index is 0.615. The SMILES string of the molecule is CCCC1CC1NC(=NCc1ccnn1C)NCC. The molecule has 1 aliphatic carbocycles. The number of aliphatic imine (C=N–C) groups is 1. The van der Waals surface area contributed by atoms with Crippen LogP contribution in [0.1, 0.15) is 38.8 Å². The van der Waals surface area contributed by atoms with E-state index in [9.17, 15) is 0 Å². The summed E-state index contributed by atoms with van der Waals surface area (Å²) < 4.78 is 1.87. The minimum atomic E-state index is 0.615. The van der Waals surface area contributed by atoms with E-state index in [1.807, 2.05) is 24.0 Å². The van der Waals surface area contributed by atoms with Crippen LogP contribution in [0.25, 0.3) is 0 Å². The molecule has 0 saturated heterocycles. The first kappa shape index (κ1) is 13.9. The number of aryl methyl sites for hydroxylation is 1. The molecule has 0 amide bonds. The molecule has 0 aromatic carbocycles. The van der Waals surface area contributed by atoms with Crippen LogP contribution in [0.15, 0.2) is 17.3 Å². The van der Waals surface area contributed by atoms with Gasteiger partial charge in [0.05, 0.1) is 12.2 Å². The zero-order valence-corrected chi connectivity index (χ0v) is 12.2. The molecule has 19 heavy (non-hydrogen) atoms. The monoisotopic (exact) mass is 263 g/mol. The molecule has 1 aromatic heterocycles. The number of rotatable bonds is 6. The van der Waals surface area contributed by atoms with Crippen LogP contribution in [0.5, 0.6) is 0 Å². The quantitative estimate of drug-likeness (QED) is 0.606. The van der Waals surface area contributed by atoms with Crippen molar-refractivity contribution in [2.75, 3.05) is 6.54 Å². The van der Waals surface area contributed by atoms with Crippen molar-refractivity contribution in [3.8, 4) is 0 Å². The molecule has 1 aliphatic rings. The van der Waals surface area contributed by atoms with Crippen LogP contribution in [0.4, 0.5) is 0 Å². The molecule has 0 radical (unpaired) electrons. The molecule has 0 spiro atoms. The highest BCUT2D eigenvalue weighted by atomic mass is 15.3. The van der Waals surface area contributed by atoms with Crippen LogP contribution in [-0.2, 0) is 13.6 Å². The molecule has 0 aliphatic heterocycles. The molecule has 5 heteroatoms. The lowest BCUT2D eigenvalue weighted by Gasteiger charge is -2.11. The molecule has 1 aromatic rings. The normalized spacial score (nSPS) is 22.4. The number of guanidine groups is 1. The molecule has 2 unspecified atom stereocenters. The van der Waals surface area contributed by atoms with Crippen molar-refractivity contribution in [3.05, 3.63) is 18.0 Å². The largest absolute Gasteiger partial charge is 0.357 e. The van der Waals surface area contributed by atoms with Crippen molar-refractivity contribution in [2.24, 2.45) is 18.0 Å². The van der Waals surface area contributed by atoms with Gasteiger partial charge in [0.25, 0.3) is 0 Å². The van der Waals surface area contributed by atoms with Gasteiger partial charge in [0.2, 0.25) is 0 Å². The average molecular weight is 263 g/mol. The summed E-state index contributed by atoms with van der Waals surface area (Å²) in [6.07, 6.45) is 5.68. The van der Waals surface area contributed by atoms with Gasteiger partial charge in [0, 0.05) is 25.8 Å². The van der Waals surface area contributed by atoms with E-state index in [0.717, 1.165) is 24.1 Å². The fraction of sp³-hybridized carbons (Fsp3) is 0.714. The molecule has 2 N–H and O–H groups in total. The predicted molar refractivity (Wildman–Crippen MR) is 78.0 cm³/mol. The number of hydrogen-bond acceptors (Lipinski definition) is 2. The van der Waals surface area contributed by atoms with Crippen molar-refractivity contribution >= 4 is 5.96 Å². The summed E-state index contributed by atoms with van der Waals surface area (Å²) in [5.74, 6) is 1.76. The van der Waals surface area contributed by atoms with Crippen molar-refractivity contribution < 1.29 is 0 Å². The smallest absolute Gasteiger partial charge is 0.191 e. The van der Waals surface area contributed by atoms with Gasteiger partial charge in [-0.2, -0.15) is 5.10 Å². The zero-order chi connectivity index (χ0) is 13.7. The Morgan fingerprint density at radius 1 is 1.53 bits per heavy atom. The lowest BCUT2D eigenvalue weighted by Crippen LogP contribution is -2.39. The second-order valence-corrected chi connectivity index (χ2v) is 5.18. The molecule has 1 heterocycles. The van der Waals surface area contributed by atoms with Gasteiger partial charge in [0.15, 0.2) is 5.96 Å². The zero-order valence-electron chi connectivity index (χ0n) is 12.2. The third kappa shape index (κ3) is 3.98. The van der Waals surface area contributed by atoms with E-state index in [1.165, 1.54) is 19.3 Å². The van der Waals surface area contributed by atoms with E-state index in [1.54, 1.807) is 0 Å². The van der Waals surface area contributed by atoms with E-state index < -0.39 is 0 Å². The van der Waals surface area contributed by atoms with Gasteiger partial charge in [-0.05, 0) is 31.7 Å². The molecule has 1 saturated carbocycles. The van der Waals surface area contributed by atoms with E-state index in [-0.39, 0.29) is 0 Å². The van der Waals surface area contributed by atoms with Gasteiger partial charge in [-0.25, -0.2) is 4.99 Å². The summed E-state index contributed by atoms with van der Waals surface area (Å²) in [5.41, 5.74) is 1.12. The fourth-order valence-electron chi connectivity index (χ4n) is 2.33. The maximum Gasteiger partial charge on any atom is 0.191 e. The summed E-state index contributed by atoms with van der Waals surface area (Å²) in [6, 6.07) is 2.62. The van der Waals surface area contributed by atoms with Crippen molar-refractivity contribution in [2.45, 2.75) is 45.7 Å². The first-order valence-electron chi connectivity index (χ1n) is 7.26. The molecule has 2 atom stereocenters. The van der Waals surface area contributed by atoms with Gasteiger partial charge in [-0.15, -0.1) is 0 Å². The molecule has 1 fully saturated rings. The minimum Gasteiger partial charge on any atom is -0.357 e. The Bertz CT molecular complexity index is 423. The second-order valence-electron chi connectivity index (χ2n) is 5.18. The Kier molecular flexibility index (Phi) is 4.82. The summed E-state index contributed by atoms with van der Waals surface area (Å²) in [7, 11) is 1.95. The Labute approximate surface area is 115 Å². The van der Waals surface area contributed by atoms with Crippen LogP contribution in [0, 0.1) is 5.92 Å². The maximum atomic E-state index is 4.63. The van der Waals surface area contributed by atoms with Crippen LogP contribution in [0.3, 0.4) is 0 Å². The molecule has 5 nitrogen and oxygen atoms in total. The fourth-order valence-corrected chi connectivity index (χ4v) is 2.33. The van der Waals surface area contributed by atoms with E-state index >= 15 is 0 Å². The van der Waals surface area contributed by atoms with Crippen LogP contribution in [-0.4, -0.2) is 28.3 Å². The second kappa shape index (κ2) is 6.59. The molecule has 106 valence electrons. The highest BCUT2D eigenvalue weighted by Gasteiger charge is 2.36. The summed E-state index contributed by atoms with van der Waals surface area (Å²) in [4.78, 5) is 4.63. The number of aromatic nitrogens is 2. The molecule has 0 bridgehead atoms. The van der Waals surface area contributed by atoms with Crippen LogP contribution < -0.4 is 10.6 Å². The molecule has 2 rings (SSSR count). The number of nitrogens with one attached hydrogen (secondary N) is 2. The Balaban J connectivity index is 1.87. The Hall–Kier alpha value is -1.52. The first-order valence-corrected chi connectivity index (χ1v) is 7.26. The summed E-state index contributed by atoms with van der Waals surface area (Å²) >= 11 is 0. The molecular formula is C14H25N5. The lowest BCUT2D eigenvalue weighted by atomic mass is 10.2. The van der Waals surface area contributed by atoms with E-state index in [2.05, 4.69) is 34.6 Å². The highest BCUT2D eigenvalue weighted by Crippen LogP contribution is 2.34. The molecular weight excluding hydrogens is 238 g/mol. The third-order valence-electron chi connectivity index (χ3n) is 3.57. The van der Waals surface area contributed by atoms with Crippen LogP contribution >= 0.6 is 0 Å². The Morgan fingerprint density at radius 2 is 2.37 bits per heavy atom. The first-order chi connectivity index (χ1) is 9.24. The summed E-state index contributed by atoms with van der Waals surface area (Å²) in [6.45, 7) is 5.90. The third-order valence-corrected chi connectivity index (χ3v) is 3.57. The lowest BCUT2D eigenvalue weighted by molar-refractivity contribution is 0.654. The van der Waals surface area contributed by atoms with Crippen molar-refractivity contribution in [3.63, 3.8) is 0 Å². The standard InChI is InChI=1S/C14H25N5/c1-4-6-11-9-13(11)18-14(15-5-2)16-10-12-7-8-17-19(12)3/h7-8,11,13H,4-6,9-10H2,1-3H3,(H2,15,16,18). The van der Waals surface area contributed by atoms with Gasteiger partial charge in [-0.3, -0.25) is 4.68 Å². The van der Waals surface area contributed by atoms with Crippen molar-refractivity contribution in [1.82, 2.24) is 20.4 Å². The van der Waals surface area contributed by atoms with Crippen molar-refractivity contribution in [1.29, 1.82) is 0 Å². The summed E-state index contributed by atoms with van der Waals surface area (Å²) in [5, 5.41) is 11.0.